The van der Waals surface area contributed by atoms with Crippen LogP contribution in [0.1, 0.15) is 17.3 Å². The first-order valence-corrected chi connectivity index (χ1v) is 7.14. The van der Waals surface area contributed by atoms with E-state index >= 15 is 0 Å². The highest BCUT2D eigenvalue weighted by Crippen LogP contribution is 2.22. The molecular formula is C19H18N2. The molecule has 3 aromatic rings. The number of pyridine rings is 1. The Labute approximate surface area is 125 Å². The Morgan fingerprint density at radius 3 is 2.19 bits per heavy atom. The lowest BCUT2D eigenvalue weighted by molar-refractivity contribution is 0.697. The molecule has 0 spiro atoms. The Hall–Kier alpha value is -2.45. The van der Waals surface area contributed by atoms with Crippen LogP contribution in [0.3, 0.4) is 0 Å². The van der Waals surface area contributed by atoms with Crippen molar-refractivity contribution < 1.29 is 0 Å². The molecule has 3 rings (SSSR count). The Morgan fingerprint density at radius 1 is 0.810 bits per heavy atom. The molecule has 2 aromatic carbocycles. The molecular weight excluding hydrogens is 256 g/mol. The Kier molecular flexibility index (Phi) is 4.08. The minimum Gasteiger partial charge on any atom is -0.322 e. The highest BCUT2D eigenvalue weighted by molar-refractivity contribution is 5.63. The fourth-order valence-electron chi connectivity index (χ4n) is 2.43. The van der Waals surface area contributed by atoms with Gasteiger partial charge in [0.1, 0.15) is 0 Å². The summed E-state index contributed by atoms with van der Waals surface area (Å²) >= 11 is 0. The first kappa shape index (κ1) is 13.5. The van der Waals surface area contributed by atoms with Gasteiger partial charge in [0.05, 0.1) is 11.7 Å². The van der Waals surface area contributed by atoms with Crippen LogP contribution in [0.15, 0.2) is 79.0 Å². The van der Waals surface area contributed by atoms with Crippen molar-refractivity contribution in [3.63, 3.8) is 0 Å². The van der Waals surface area contributed by atoms with Crippen LogP contribution in [0.2, 0.25) is 0 Å². The van der Waals surface area contributed by atoms with E-state index in [1.54, 1.807) is 0 Å². The summed E-state index contributed by atoms with van der Waals surface area (Å²) in [5, 5.41) is 0. The molecule has 0 aliphatic rings. The molecule has 0 saturated heterocycles. The van der Waals surface area contributed by atoms with Gasteiger partial charge in [0.25, 0.3) is 0 Å². The zero-order valence-electron chi connectivity index (χ0n) is 11.8. The molecule has 0 radical (unpaired) electrons. The van der Waals surface area contributed by atoms with Crippen molar-refractivity contribution in [3.05, 3.63) is 90.3 Å². The number of rotatable bonds is 4. The third kappa shape index (κ3) is 3.36. The van der Waals surface area contributed by atoms with E-state index in [-0.39, 0.29) is 6.04 Å². The highest BCUT2D eigenvalue weighted by Gasteiger charge is 2.09. The molecule has 1 unspecified atom stereocenters. The van der Waals surface area contributed by atoms with Gasteiger partial charge in [0.2, 0.25) is 0 Å². The number of nitrogens with two attached hydrogens (primary N) is 1. The number of nitrogens with zero attached hydrogens (tertiary/aromatic N) is 1. The molecule has 0 aliphatic carbocycles. The monoisotopic (exact) mass is 274 g/mol. The van der Waals surface area contributed by atoms with Crippen LogP contribution in [0.25, 0.3) is 11.1 Å². The van der Waals surface area contributed by atoms with E-state index in [1.807, 2.05) is 48.7 Å². The van der Waals surface area contributed by atoms with Gasteiger partial charge in [-0.25, -0.2) is 0 Å². The van der Waals surface area contributed by atoms with Gasteiger partial charge in [-0.1, -0.05) is 60.7 Å². The summed E-state index contributed by atoms with van der Waals surface area (Å²) in [4.78, 5) is 4.44. The molecule has 104 valence electrons. The molecule has 21 heavy (non-hydrogen) atoms. The van der Waals surface area contributed by atoms with Crippen molar-refractivity contribution in [2.24, 2.45) is 5.73 Å². The van der Waals surface area contributed by atoms with Crippen molar-refractivity contribution in [2.45, 2.75) is 12.5 Å². The van der Waals surface area contributed by atoms with Crippen LogP contribution in [-0.4, -0.2) is 4.98 Å². The molecule has 1 aromatic heterocycles. The van der Waals surface area contributed by atoms with Gasteiger partial charge < -0.3 is 5.73 Å². The minimum atomic E-state index is -0.0870. The molecule has 1 heterocycles. The predicted molar refractivity (Wildman–Crippen MR) is 86.7 cm³/mol. The second-order valence-corrected chi connectivity index (χ2v) is 5.13. The van der Waals surface area contributed by atoms with E-state index in [0.717, 1.165) is 17.7 Å². The largest absolute Gasteiger partial charge is 0.322 e. The summed E-state index contributed by atoms with van der Waals surface area (Å²) < 4.78 is 0. The zero-order valence-corrected chi connectivity index (χ0v) is 11.8. The number of hydrogen-bond donors (Lipinski definition) is 1. The van der Waals surface area contributed by atoms with Crippen molar-refractivity contribution >= 4 is 0 Å². The van der Waals surface area contributed by atoms with Gasteiger partial charge in [0, 0.05) is 6.20 Å². The van der Waals surface area contributed by atoms with Gasteiger partial charge in [0.15, 0.2) is 0 Å². The van der Waals surface area contributed by atoms with E-state index in [9.17, 15) is 0 Å². The first-order chi connectivity index (χ1) is 10.3. The Balaban J connectivity index is 1.83. The van der Waals surface area contributed by atoms with Crippen molar-refractivity contribution in [2.75, 3.05) is 0 Å². The van der Waals surface area contributed by atoms with Gasteiger partial charge in [-0.15, -0.1) is 0 Å². The lowest BCUT2D eigenvalue weighted by Crippen LogP contribution is -2.14. The lowest BCUT2D eigenvalue weighted by atomic mass is 10.0. The van der Waals surface area contributed by atoms with E-state index in [0.29, 0.717) is 0 Å². The van der Waals surface area contributed by atoms with Crippen molar-refractivity contribution in [3.8, 4) is 11.1 Å². The SMILES string of the molecule is NC(Cc1ccccc1)c1cc(-c2ccccc2)ccn1. The average Bonchev–Trinajstić information content (AvgIpc) is 2.57. The first-order valence-electron chi connectivity index (χ1n) is 7.14. The van der Waals surface area contributed by atoms with Crippen molar-refractivity contribution in [1.29, 1.82) is 0 Å². The molecule has 0 fully saturated rings. The molecule has 0 aliphatic heterocycles. The maximum atomic E-state index is 6.31. The van der Waals surface area contributed by atoms with Crippen LogP contribution in [-0.2, 0) is 6.42 Å². The molecule has 0 saturated carbocycles. The summed E-state index contributed by atoms with van der Waals surface area (Å²) in [6.45, 7) is 0. The van der Waals surface area contributed by atoms with Crippen LogP contribution in [0, 0.1) is 0 Å². The van der Waals surface area contributed by atoms with Gasteiger partial charge in [-0.3, -0.25) is 4.98 Å². The second-order valence-electron chi connectivity index (χ2n) is 5.13. The average molecular weight is 274 g/mol. The van der Waals surface area contributed by atoms with Crippen LogP contribution >= 0.6 is 0 Å². The summed E-state index contributed by atoms with van der Waals surface area (Å²) in [5.74, 6) is 0. The maximum absolute atomic E-state index is 6.31. The molecule has 2 nitrogen and oxygen atoms in total. The number of aromatic nitrogens is 1. The summed E-state index contributed by atoms with van der Waals surface area (Å²) in [5.41, 5.74) is 10.8. The van der Waals surface area contributed by atoms with Crippen LogP contribution in [0.4, 0.5) is 0 Å². The van der Waals surface area contributed by atoms with E-state index < -0.39 is 0 Å². The Bertz CT molecular complexity index is 693. The Morgan fingerprint density at radius 2 is 1.48 bits per heavy atom. The lowest BCUT2D eigenvalue weighted by Gasteiger charge is -2.12. The zero-order chi connectivity index (χ0) is 14.5. The maximum Gasteiger partial charge on any atom is 0.0580 e. The molecule has 1 atom stereocenters. The van der Waals surface area contributed by atoms with E-state index in [4.69, 9.17) is 5.73 Å². The third-order valence-electron chi connectivity index (χ3n) is 3.57. The van der Waals surface area contributed by atoms with Gasteiger partial charge in [-0.05, 0) is 35.2 Å². The molecule has 0 bridgehead atoms. The fraction of sp³-hybridized carbons (Fsp3) is 0.105. The van der Waals surface area contributed by atoms with Gasteiger partial charge in [-0.2, -0.15) is 0 Å². The standard InChI is InChI=1S/C19H18N2/c20-18(13-15-7-3-1-4-8-15)19-14-17(11-12-21-19)16-9-5-2-6-10-16/h1-12,14,18H,13,20H2. The smallest absolute Gasteiger partial charge is 0.0580 e. The number of benzene rings is 2. The van der Waals surface area contributed by atoms with Crippen molar-refractivity contribution in [1.82, 2.24) is 4.98 Å². The molecule has 2 N–H and O–H groups in total. The summed E-state index contributed by atoms with van der Waals surface area (Å²) in [6.07, 6.45) is 2.63. The van der Waals surface area contributed by atoms with Crippen LogP contribution < -0.4 is 5.73 Å². The van der Waals surface area contributed by atoms with Gasteiger partial charge >= 0.3 is 0 Å². The van der Waals surface area contributed by atoms with Crippen LogP contribution in [0.5, 0.6) is 0 Å². The summed E-state index contributed by atoms with van der Waals surface area (Å²) in [6, 6.07) is 24.6. The fourth-order valence-corrected chi connectivity index (χ4v) is 2.43. The minimum absolute atomic E-state index is 0.0870. The topological polar surface area (TPSA) is 38.9 Å². The summed E-state index contributed by atoms with van der Waals surface area (Å²) in [7, 11) is 0. The quantitative estimate of drug-likeness (QED) is 0.781. The normalized spacial score (nSPS) is 12.0. The second kappa shape index (κ2) is 6.33. The van der Waals surface area contributed by atoms with E-state index in [2.05, 4.69) is 35.3 Å². The highest BCUT2D eigenvalue weighted by atomic mass is 14.8. The molecule has 2 heteroatoms. The number of hydrogen-bond acceptors (Lipinski definition) is 2. The predicted octanol–water partition coefficient (Wildman–Crippen LogP) is 3.99. The third-order valence-corrected chi connectivity index (χ3v) is 3.57. The van der Waals surface area contributed by atoms with E-state index in [1.165, 1.54) is 11.1 Å². The molecule has 0 amide bonds.